The number of hydrogen-bond acceptors (Lipinski definition) is 3. The highest BCUT2D eigenvalue weighted by molar-refractivity contribution is 4.72. The zero-order chi connectivity index (χ0) is 9.56. The first-order chi connectivity index (χ1) is 5.70. The Morgan fingerprint density at radius 2 is 2.08 bits per heavy atom. The summed E-state index contributed by atoms with van der Waals surface area (Å²) in [5.41, 5.74) is 0. The smallest absolute Gasteiger partial charge is 0.0958 e. The maximum Gasteiger partial charge on any atom is 0.0958 e. The molecule has 1 fully saturated rings. The summed E-state index contributed by atoms with van der Waals surface area (Å²) in [5, 5.41) is 9.14. The van der Waals surface area contributed by atoms with Gasteiger partial charge in [0, 0.05) is 13.1 Å². The van der Waals surface area contributed by atoms with Crippen LogP contribution in [0.25, 0.3) is 0 Å². The van der Waals surface area contributed by atoms with Crippen molar-refractivity contribution < 1.29 is 9.84 Å². The fraction of sp³-hybridized carbons (Fsp3) is 1.00. The van der Waals surface area contributed by atoms with Crippen LogP contribution in [0.3, 0.4) is 0 Å². The van der Waals surface area contributed by atoms with Gasteiger partial charge in [0.2, 0.25) is 0 Å². The predicted molar refractivity (Wildman–Crippen MR) is 50.3 cm³/mol. The number of aliphatic hydroxyl groups excluding tert-OH is 1. The van der Waals surface area contributed by atoms with Crippen LogP contribution in [0.5, 0.6) is 0 Å². The minimum atomic E-state index is -0.345. The Labute approximate surface area is 75.3 Å². The molecule has 0 amide bonds. The van der Waals surface area contributed by atoms with Crippen LogP contribution in [0.15, 0.2) is 0 Å². The van der Waals surface area contributed by atoms with E-state index in [2.05, 4.69) is 4.90 Å². The summed E-state index contributed by atoms with van der Waals surface area (Å²) in [7, 11) is 2.04. The molecule has 74 valence electrons. The van der Waals surface area contributed by atoms with Crippen molar-refractivity contribution in [1.29, 1.82) is 0 Å². The van der Waals surface area contributed by atoms with E-state index in [0.717, 1.165) is 19.7 Å². The van der Waals surface area contributed by atoms with Gasteiger partial charge in [-0.05, 0) is 14.0 Å². The van der Waals surface area contributed by atoms with Gasteiger partial charge in [-0.3, -0.25) is 0 Å². The molecule has 0 aliphatic carbocycles. The van der Waals surface area contributed by atoms with E-state index in [4.69, 9.17) is 9.84 Å². The molecule has 1 heterocycles. The monoisotopic (exact) mass is 175 g/mol. The molecule has 0 aromatic heterocycles. The molecule has 0 bridgehead atoms. The lowest BCUT2D eigenvalue weighted by atomic mass is 10.2. The number of hydrogen-bond donors (Lipinski definition) is 1. The summed E-state index contributed by atoms with van der Waals surface area (Å²) in [4.78, 5) is 2.17. The van der Waals surface area contributed by atoms with Gasteiger partial charge in [0.05, 0.1) is 18.8 Å². The Morgan fingerprint density at radius 3 is 2.42 bits per heavy atom. The second-order valence-electron chi connectivity index (χ2n) is 2.91. The zero-order valence-electron chi connectivity index (χ0n) is 8.58. The molecular formula is C9H21NO2. The molecule has 12 heavy (non-hydrogen) atoms. The average molecular weight is 175 g/mol. The molecule has 3 nitrogen and oxygen atoms in total. The van der Waals surface area contributed by atoms with E-state index < -0.39 is 0 Å². The Hall–Kier alpha value is -0.120. The van der Waals surface area contributed by atoms with Crippen LogP contribution in [0.1, 0.15) is 20.8 Å². The number of ether oxygens (including phenoxy) is 1. The molecule has 0 radical (unpaired) electrons. The molecule has 1 rings (SSSR count). The maximum atomic E-state index is 9.14. The van der Waals surface area contributed by atoms with Crippen LogP contribution in [-0.2, 0) is 4.74 Å². The van der Waals surface area contributed by atoms with E-state index in [0.29, 0.717) is 0 Å². The first-order valence-electron chi connectivity index (χ1n) is 4.68. The highest BCUT2D eigenvalue weighted by Gasteiger charge is 2.21. The van der Waals surface area contributed by atoms with Gasteiger partial charge in [-0.2, -0.15) is 0 Å². The summed E-state index contributed by atoms with van der Waals surface area (Å²) in [6.45, 7) is 8.33. The quantitative estimate of drug-likeness (QED) is 0.637. The number of aliphatic hydroxyl groups is 1. The van der Waals surface area contributed by atoms with E-state index >= 15 is 0 Å². The Balaban J connectivity index is 0.000000561. The zero-order valence-corrected chi connectivity index (χ0v) is 8.58. The van der Waals surface area contributed by atoms with Crippen LogP contribution in [0, 0.1) is 0 Å². The third kappa shape index (κ3) is 4.04. The summed E-state index contributed by atoms with van der Waals surface area (Å²) < 4.78 is 5.32. The highest BCUT2D eigenvalue weighted by atomic mass is 16.5. The van der Waals surface area contributed by atoms with Gasteiger partial charge in [0.15, 0.2) is 0 Å². The summed E-state index contributed by atoms with van der Waals surface area (Å²) >= 11 is 0. The van der Waals surface area contributed by atoms with Crippen LogP contribution < -0.4 is 0 Å². The Morgan fingerprint density at radius 1 is 1.50 bits per heavy atom. The third-order valence-electron chi connectivity index (χ3n) is 1.83. The molecule has 2 atom stereocenters. The lowest BCUT2D eigenvalue weighted by Crippen LogP contribution is -2.44. The van der Waals surface area contributed by atoms with Crippen molar-refractivity contribution in [3.8, 4) is 0 Å². The summed E-state index contributed by atoms with van der Waals surface area (Å²) in [5.74, 6) is 0. The molecule has 1 saturated heterocycles. The van der Waals surface area contributed by atoms with Crippen molar-refractivity contribution in [2.75, 3.05) is 26.7 Å². The van der Waals surface area contributed by atoms with Crippen molar-refractivity contribution in [3.05, 3.63) is 0 Å². The van der Waals surface area contributed by atoms with Gasteiger partial charge >= 0.3 is 0 Å². The molecule has 1 aliphatic rings. The molecule has 3 heteroatoms. The SMILES string of the molecule is CC.CC(O)C1CN(C)CCO1. The van der Waals surface area contributed by atoms with Crippen molar-refractivity contribution in [2.24, 2.45) is 0 Å². The van der Waals surface area contributed by atoms with Gasteiger partial charge in [-0.1, -0.05) is 13.8 Å². The predicted octanol–water partition coefficient (Wildman–Crippen LogP) is 0.724. The van der Waals surface area contributed by atoms with Crippen molar-refractivity contribution in [2.45, 2.75) is 33.0 Å². The largest absolute Gasteiger partial charge is 0.391 e. The second-order valence-corrected chi connectivity index (χ2v) is 2.91. The van der Waals surface area contributed by atoms with Crippen LogP contribution >= 0.6 is 0 Å². The average Bonchev–Trinajstić information content (AvgIpc) is 2.08. The van der Waals surface area contributed by atoms with Crippen molar-refractivity contribution >= 4 is 0 Å². The molecule has 0 aromatic rings. The van der Waals surface area contributed by atoms with Crippen LogP contribution in [0.4, 0.5) is 0 Å². The molecule has 1 aliphatic heterocycles. The molecule has 1 N–H and O–H groups in total. The molecule has 0 saturated carbocycles. The minimum Gasteiger partial charge on any atom is -0.391 e. The minimum absolute atomic E-state index is 0.0127. The van der Waals surface area contributed by atoms with Gasteiger partial charge in [0.1, 0.15) is 0 Å². The van der Waals surface area contributed by atoms with Crippen molar-refractivity contribution in [1.82, 2.24) is 4.90 Å². The van der Waals surface area contributed by atoms with E-state index in [1.807, 2.05) is 20.9 Å². The van der Waals surface area contributed by atoms with Gasteiger partial charge in [-0.25, -0.2) is 0 Å². The summed E-state index contributed by atoms with van der Waals surface area (Å²) in [6, 6.07) is 0. The molecule has 2 unspecified atom stereocenters. The summed E-state index contributed by atoms with van der Waals surface area (Å²) in [6.07, 6.45) is -0.332. The first-order valence-corrected chi connectivity index (χ1v) is 4.68. The fourth-order valence-corrected chi connectivity index (χ4v) is 1.10. The normalized spacial score (nSPS) is 27.2. The number of morpholine rings is 1. The molecule has 0 aromatic carbocycles. The standard InChI is InChI=1S/C7H15NO2.C2H6/c1-6(9)7-5-8(2)3-4-10-7;1-2/h6-7,9H,3-5H2,1-2H3;1-2H3. The third-order valence-corrected chi connectivity index (χ3v) is 1.83. The number of nitrogens with zero attached hydrogens (tertiary/aromatic N) is 1. The Kier molecular flexibility index (Phi) is 6.34. The maximum absolute atomic E-state index is 9.14. The van der Waals surface area contributed by atoms with E-state index in [1.165, 1.54) is 0 Å². The van der Waals surface area contributed by atoms with E-state index in [1.54, 1.807) is 6.92 Å². The van der Waals surface area contributed by atoms with Gasteiger partial charge in [0.25, 0.3) is 0 Å². The van der Waals surface area contributed by atoms with E-state index in [9.17, 15) is 0 Å². The molecule has 0 spiro atoms. The second kappa shape index (κ2) is 6.40. The van der Waals surface area contributed by atoms with E-state index in [-0.39, 0.29) is 12.2 Å². The van der Waals surface area contributed by atoms with Crippen LogP contribution in [0.2, 0.25) is 0 Å². The molecular weight excluding hydrogens is 154 g/mol. The lowest BCUT2D eigenvalue weighted by molar-refractivity contribution is -0.0767. The number of likely N-dealkylation sites (N-methyl/N-ethyl adjacent to an activating group) is 1. The van der Waals surface area contributed by atoms with Crippen LogP contribution in [-0.4, -0.2) is 49.0 Å². The first kappa shape index (κ1) is 11.9. The van der Waals surface area contributed by atoms with Gasteiger partial charge < -0.3 is 14.7 Å². The fourth-order valence-electron chi connectivity index (χ4n) is 1.10. The Bertz CT molecular complexity index is 107. The topological polar surface area (TPSA) is 32.7 Å². The van der Waals surface area contributed by atoms with Crippen molar-refractivity contribution in [3.63, 3.8) is 0 Å². The lowest BCUT2D eigenvalue weighted by Gasteiger charge is -2.31. The number of rotatable bonds is 1. The van der Waals surface area contributed by atoms with Gasteiger partial charge in [-0.15, -0.1) is 0 Å². The highest BCUT2D eigenvalue weighted by Crippen LogP contribution is 2.06.